The first kappa shape index (κ1) is 15.4. The number of amides is 2. The number of hydrogen-bond acceptors (Lipinski definition) is 2. The van der Waals surface area contributed by atoms with Gasteiger partial charge in [-0.1, -0.05) is 31.0 Å². The van der Waals surface area contributed by atoms with Crippen LogP contribution in [0.5, 0.6) is 0 Å². The number of urea groups is 1. The van der Waals surface area contributed by atoms with Gasteiger partial charge < -0.3 is 10.4 Å². The number of carboxylic acids is 1. The van der Waals surface area contributed by atoms with Crippen molar-refractivity contribution >= 4 is 17.7 Å². The predicted molar refractivity (Wildman–Crippen MR) is 81.5 cm³/mol. The monoisotopic (exact) mass is 290 g/mol. The van der Waals surface area contributed by atoms with Gasteiger partial charge in [-0.15, -0.1) is 0 Å². The molecule has 5 heteroatoms. The molecule has 0 radical (unpaired) electrons. The van der Waals surface area contributed by atoms with Gasteiger partial charge in [-0.3, -0.25) is 9.69 Å². The van der Waals surface area contributed by atoms with Gasteiger partial charge in [0.2, 0.25) is 0 Å². The SMILES string of the molecule is CCC1CC1NC(=O)N(CCC(=O)O)c1ccc(C)cc1. The maximum absolute atomic E-state index is 12.4. The molecule has 114 valence electrons. The third-order valence-corrected chi connectivity index (χ3v) is 3.90. The van der Waals surface area contributed by atoms with E-state index in [1.165, 1.54) is 4.90 Å². The Labute approximate surface area is 125 Å². The zero-order valence-electron chi connectivity index (χ0n) is 12.5. The average molecular weight is 290 g/mol. The Morgan fingerprint density at radius 3 is 2.52 bits per heavy atom. The number of hydrogen-bond donors (Lipinski definition) is 2. The molecule has 0 aliphatic heterocycles. The lowest BCUT2D eigenvalue weighted by Crippen LogP contribution is -2.42. The number of nitrogens with zero attached hydrogens (tertiary/aromatic N) is 1. The Kier molecular flexibility index (Phi) is 4.83. The molecule has 1 aromatic rings. The second-order valence-electron chi connectivity index (χ2n) is 5.59. The van der Waals surface area contributed by atoms with E-state index in [4.69, 9.17) is 5.11 Å². The molecule has 2 amide bonds. The highest BCUT2D eigenvalue weighted by Crippen LogP contribution is 2.33. The fourth-order valence-electron chi connectivity index (χ4n) is 2.39. The van der Waals surface area contributed by atoms with Gasteiger partial charge in [0.1, 0.15) is 0 Å². The Balaban J connectivity index is 2.05. The van der Waals surface area contributed by atoms with Gasteiger partial charge in [0.05, 0.1) is 6.42 Å². The van der Waals surface area contributed by atoms with Crippen molar-refractivity contribution in [2.75, 3.05) is 11.4 Å². The van der Waals surface area contributed by atoms with Crippen molar-refractivity contribution in [3.05, 3.63) is 29.8 Å². The molecule has 2 N–H and O–H groups in total. The van der Waals surface area contributed by atoms with Crippen LogP contribution in [0.1, 0.15) is 31.7 Å². The molecule has 0 spiro atoms. The summed E-state index contributed by atoms with van der Waals surface area (Å²) in [6.45, 7) is 4.26. The van der Waals surface area contributed by atoms with Gasteiger partial charge in [0.15, 0.2) is 0 Å². The zero-order valence-corrected chi connectivity index (χ0v) is 12.5. The smallest absolute Gasteiger partial charge is 0.322 e. The quantitative estimate of drug-likeness (QED) is 0.846. The molecule has 2 unspecified atom stereocenters. The maximum atomic E-state index is 12.4. The molecule has 0 saturated heterocycles. The van der Waals surface area contributed by atoms with Crippen molar-refractivity contribution in [1.29, 1.82) is 0 Å². The van der Waals surface area contributed by atoms with Crippen LogP contribution in [0, 0.1) is 12.8 Å². The summed E-state index contributed by atoms with van der Waals surface area (Å²) in [7, 11) is 0. The van der Waals surface area contributed by atoms with E-state index in [2.05, 4.69) is 12.2 Å². The van der Waals surface area contributed by atoms with Crippen molar-refractivity contribution in [3.63, 3.8) is 0 Å². The van der Waals surface area contributed by atoms with Crippen molar-refractivity contribution < 1.29 is 14.7 Å². The molecule has 2 atom stereocenters. The van der Waals surface area contributed by atoms with E-state index in [-0.39, 0.29) is 25.0 Å². The highest BCUT2D eigenvalue weighted by atomic mass is 16.4. The minimum atomic E-state index is -0.905. The van der Waals surface area contributed by atoms with E-state index in [9.17, 15) is 9.59 Å². The normalized spacial score (nSPS) is 19.9. The molecule has 1 fully saturated rings. The van der Waals surface area contributed by atoms with Gasteiger partial charge >= 0.3 is 12.0 Å². The van der Waals surface area contributed by atoms with Gasteiger partial charge in [0.25, 0.3) is 0 Å². The minimum Gasteiger partial charge on any atom is -0.481 e. The van der Waals surface area contributed by atoms with Crippen LogP contribution in [-0.2, 0) is 4.79 Å². The first-order valence-electron chi connectivity index (χ1n) is 7.37. The first-order chi connectivity index (χ1) is 10.0. The molecular weight excluding hydrogens is 268 g/mol. The Morgan fingerprint density at radius 2 is 2.00 bits per heavy atom. The van der Waals surface area contributed by atoms with E-state index in [1.807, 2.05) is 31.2 Å². The summed E-state index contributed by atoms with van der Waals surface area (Å²) >= 11 is 0. The number of carboxylic acid groups (broad SMARTS) is 1. The van der Waals surface area contributed by atoms with Gasteiger partial charge in [-0.25, -0.2) is 4.79 Å². The summed E-state index contributed by atoms with van der Waals surface area (Å²) in [4.78, 5) is 24.7. The summed E-state index contributed by atoms with van der Waals surface area (Å²) < 4.78 is 0. The lowest BCUT2D eigenvalue weighted by Gasteiger charge is -2.23. The molecule has 21 heavy (non-hydrogen) atoms. The van der Waals surface area contributed by atoms with Crippen LogP contribution >= 0.6 is 0 Å². The van der Waals surface area contributed by atoms with Crippen LogP contribution in [-0.4, -0.2) is 29.7 Å². The minimum absolute atomic E-state index is 0.0663. The maximum Gasteiger partial charge on any atom is 0.322 e. The predicted octanol–water partition coefficient (Wildman–Crippen LogP) is 2.78. The number of carbonyl (C=O) groups is 2. The summed E-state index contributed by atoms with van der Waals surface area (Å²) in [6.07, 6.45) is 2.01. The molecule has 0 heterocycles. The Morgan fingerprint density at radius 1 is 1.33 bits per heavy atom. The number of aryl methyl sites for hydroxylation is 1. The Hall–Kier alpha value is -2.04. The lowest BCUT2D eigenvalue weighted by molar-refractivity contribution is -0.136. The fraction of sp³-hybridized carbons (Fsp3) is 0.500. The van der Waals surface area contributed by atoms with E-state index >= 15 is 0 Å². The van der Waals surface area contributed by atoms with Crippen LogP contribution in [0.2, 0.25) is 0 Å². The zero-order chi connectivity index (χ0) is 15.4. The highest BCUT2D eigenvalue weighted by Gasteiger charge is 2.37. The summed E-state index contributed by atoms with van der Waals surface area (Å²) in [6, 6.07) is 7.56. The van der Waals surface area contributed by atoms with E-state index in [0.29, 0.717) is 5.92 Å². The molecule has 2 rings (SSSR count). The van der Waals surface area contributed by atoms with Crippen molar-refractivity contribution in [2.24, 2.45) is 5.92 Å². The number of nitrogens with one attached hydrogen (secondary N) is 1. The summed E-state index contributed by atoms with van der Waals surface area (Å²) in [5.74, 6) is -0.342. The van der Waals surface area contributed by atoms with Gasteiger partial charge in [0, 0.05) is 18.3 Å². The second-order valence-corrected chi connectivity index (χ2v) is 5.59. The fourth-order valence-corrected chi connectivity index (χ4v) is 2.39. The van der Waals surface area contributed by atoms with Crippen LogP contribution in [0.25, 0.3) is 0 Å². The van der Waals surface area contributed by atoms with E-state index < -0.39 is 5.97 Å². The van der Waals surface area contributed by atoms with E-state index in [1.54, 1.807) is 0 Å². The van der Waals surface area contributed by atoms with Crippen molar-refractivity contribution in [1.82, 2.24) is 5.32 Å². The first-order valence-corrected chi connectivity index (χ1v) is 7.37. The third-order valence-electron chi connectivity index (χ3n) is 3.90. The summed E-state index contributed by atoms with van der Waals surface area (Å²) in [5.41, 5.74) is 1.83. The number of rotatable bonds is 6. The van der Waals surface area contributed by atoms with Crippen molar-refractivity contribution in [2.45, 2.75) is 39.2 Å². The van der Waals surface area contributed by atoms with Crippen molar-refractivity contribution in [3.8, 4) is 0 Å². The number of aliphatic carboxylic acids is 1. The number of carbonyl (C=O) groups excluding carboxylic acids is 1. The van der Waals surface area contributed by atoms with Crippen LogP contribution in [0.15, 0.2) is 24.3 Å². The molecule has 5 nitrogen and oxygen atoms in total. The lowest BCUT2D eigenvalue weighted by atomic mass is 10.2. The molecule has 0 aromatic heterocycles. The Bertz CT molecular complexity index is 513. The largest absolute Gasteiger partial charge is 0.481 e. The molecule has 1 aromatic carbocycles. The number of benzene rings is 1. The average Bonchev–Trinajstić information content (AvgIpc) is 3.19. The molecule has 0 bridgehead atoms. The van der Waals surface area contributed by atoms with Gasteiger partial charge in [-0.05, 0) is 31.4 Å². The topological polar surface area (TPSA) is 69.6 Å². The molecular formula is C16H22N2O3. The van der Waals surface area contributed by atoms with Crippen LogP contribution in [0.3, 0.4) is 0 Å². The number of anilines is 1. The third kappa shape index (κ3) is 4.21. The molecule has 1 saturated carbocycles. The standard InChI is InChI=1S/C16H22N2O3/c1-3-12-10-14(12)17-16(21)18(9-8-15(19)20)13-6-4-11(2)5-7-13/h4-7,12,14H,3,8-10H2,1-2H3,(H,17,21)(H,19,20). The highest BCUT2D eigenvalue weighted by molar-refractivity contribution is 5.92. The van der Waals surface area contributed by atoms with Crippen LogP contribution in [0.4, 0.5) is 10.5 Å². The molecule has 1 aliphatic carbocycles. The second kappa shape index (κ2) is 6.61. The molecule has 1 aliphatic rings. The van der Waals surface area contributed by atoms with Crippen LogP contribution < -0.4 is 10.2 Å². The summed E-state index contributed by atoms with van der Waals surface area (Å²) in [5, 5.41) is 11.8. The van der Waals surface area contributed by atoms with E-state index in [0.717, 1.165) is 24.1 Å². The van der Waals surface area contributed by atoms with Gasteiger partial charge in [-0.2, -0.15) is 0 Å².